The van der Waals surface area contributed by atoms with E-state index in [1.54, 1.807) is 23.6 Å². The highest BCUT2D eigenvalue weighted by atomic mass is 32.1. The molecule has 1 N–H and O–H groups in total. The van der Waals surface area contributed by atoms with Crippen molar-refractivity contribution in [3.63, 3.8) is 0 Å². The van der Waals surface area contributed by atoms with Gasteiger partial charge in [0.05, 0.1) is 15.9 Å². The van der Waals surface area contributed by atoms with Gasteiger partial charge in [0, 0.05) is 22.9 Å². The first-order chi connectivity index (χ1) is 22.8. The molecule has 1 aromatic heterocycles. The maximum Gasteiger partial charge on any atom is 0.126 e. The molecule has 0 unspecified atom stereocenters. The number of hydrogen-bond donors (Lipinski definition) is 1. The minimum Gasteiger partial charge on any atom is -0.507 e. The first-order valence-corrected chi connectivity index (χ1v) is 17.7. The van der Waals surface area contributed by atoms with Crippen LogP contribution in [0.4, 0.5) is 5.69 Å². The summed E-state index contributed by atoms with van der Waals surface area (Å²) < 4.78 is 1.16. The summed E-state index contributed by atoms with van der Waals surface area (Å²) in [6, 6.07) is 36.4. The third-order valence-electron chi connectivity index (χ3n) is 8.81. The monoisotopic (exact) mass is 650 g/mol. The molecular weight excluding hydrogens is 605 g/mol. The highest BCUT2D eigenvalue weighted by Crippen LogP contribution is 2.42. The fourth-order valence-corrected chi connectivity index (χ4v) is 7.11. The van der Waals surface area contributed by atoms with E-state index < -0.39 is 0 Å². The van der Waals surface area contributed by atoms with E-state index in [4.69, 9.17) is 9.98 Å². The lowest BCUT2D eigenvalue weighted by Gasteiger charge is -2.20. The molecule has 0 atom stereocenters. The van der Waals surface area contributed by atoms with Crippen molar-refractivity contribution in [2.24, 2.45) is 10.9 Å². The van der Waals surface area contributed by atoms with Crippen LogP contribution >= 0.6 is 11.3 Å². The largest absolute Gasteiger partial charge is 0.507 e. The number of aromatic nitrogens is 1. The summed E-state index contributed by atoms with van der Waals surface area (Å²) in [6.07, 6.45) is 2.83. The maximum absolute atomic E-state index is 10.6. The van der Waals surface area contributed by atoms with E-state index in [0.29, 0.717) is 11.5 Å². The van der Waals surface area contributed by atoms with Crippen LogP contribution in [0.5, 0.6) is 5.75 Å². The van der Waals surface area contributed by atoms with Crippen molar-refractivity contribution in [1.29, 1.82) is 0 Å². The average molecular weight is 651 g/mol. The Morgan fingerprint density at radius 2 is 1.40 bits per heavy atom. The van der Waals surface area contributed by atoms with Gasteiger partial charge < -0.3 is 5.11 Å². The average Bonchev–Trinajstić information content (AvgIpc) is 3.47. The minimum absolute atomic E-state index is 0.0261. The highest BCUT2D eigenvalue weighted by molar-refractivity contribution is 7.21. The number of rotatable bonds is 7. The van der Waals surface area contributed by atoms with Gasteiger partial charge in [0.1, 0.15) is 10.8 Å². The topological polar surface area (TPSA) is 45.5 Å². The van der Waals surface area contributed by atoms with E-state index in [1.807, 2.05) is 30.3 Å². The van der Waals surface area contributed by atoms with Crippen molar-refractivity contribution < 1.29 is 5.11 Å². The molecule has 0 aliphatic rings. The van der Waals surface area contributed by atoms with Crippen molar-refractivity contribution >= 4 is 33.5 Å². The summed E-state index contributed by atoms with van der Waals surface area (Å²) in [7, 11) is 0. The zero-order valence-electron chi connectivity index (χ0n) is 29.4. The Kier molecular flexibility index (Phi) is 9.15. The first kappa shape index (κ1) is 33.4. The molecule has 0 fully saturated rings. The number of fused-ring (bicyclic) bond motifs is 1. The van der Waals surface area contributed by atoms with Gasteiger partial charge in [-0.05, 0) is 99.0 Å². The molecule has 244 valence electrons. The van der Waals surface area contributed by atoms with Crippen molar-refractivity contribution in [2.45, 2.75) is 72.6 Å². The Morgan fingerprint density at radius 1 is 0.708 bits per heavy atom. The number of phenols is 1. The number of hydrogen-bond acceptors (Lipinski definition) is 4. The highest BCUT2D eigenvalue weighted by Gasteiger charge is 2.21. The molecule has 0 saturated carbocycles. The van der Waals surface area contributed by atoms with Crippen molar-refractivity contribution in [1.82, 2.24) is 4.98 Å². The fraction of sp³-hybridized carbons (Fsp3) is 0.273. The second-order valence-corrected chi connectivity index (χ2v) is 16.3. The molecule has 0 spiro atoms. The molecular formula is C44H46N2OS. The van der Waals surface area contributed by atoms with E-state index in [9.17, 15) is 5.11 Å². The molecule has 0 aliphatic carbocycles. The molecule has 0 radical (unpaired) electrons. The van der Waals surface area contributed by atoms with Gasteiger partial charge in [-0.1, -0.05) is 116 Å². The van der Waals surface area contributed by atoms with Crippen LogP contribution in [-0.4, -0.2) is 16.3 Å². The van der Waals surface area contributed by atoms with E-state index in [-0.39, 0.29) is 16.6 Å². The lowest BCUT2D eigenvalue weighted by atomic mass is 9.85. The maximum atomic E-state index is 10.6. The van der Waals surface area contributed by atoms with Crippen LogP contribution in [0.15, 0.2) is 108 Å². The molecule has 48 heavy (non-hydrogen) atoms. The van der Waals surface area contributed by atoms with Gasteiger partial charge in [0.2, 0.25) is 0 Å². The predicted octanol–water partition coefficient (Wildman–Crippen LogP) is 12.5. The molecule has 3 nitrogen and oxygen atoms in total. The van der Waals surface area contributed by atoms with Gasteiger partial charge in [0.15, 0.2) is 0 Å². The molecule has 0 amide bonds. The van der Waals surface area contributed by atoms with Gasteiger partial charge in [0.25, 0.3) is 0 Å². The van der Waals surface area contributed by atoms with Crippen molar-refractivity contribution in [2.75, 3.05) is 0 Å². The Balaban J connectivity index is 1.45. The third kappa shape index (κ3) is 7.29. The van der Waals surface area contributed by atoms with Crippen LogP contribution in [0, 0.1) is 5.92 Å². The Morgan fingerprint density at radius 3 is 2.12 bits per heavy atom. The quantitative estimate of drug-likeness (QED) is 0.175. The molecule has 5 aromatic carbocycles. The fourth-order valence-electron chi connectivity index (χ4n) is 6.04. The standard InChI is InChI=1S/C44H46N2OS/c1-28(2)21-29-13-11-14-30(22-29)31-15-12-16-32(23-31)37-25-35(44(6,7)8)26-40-41(37)46-42(48-40)36-17-9-10-18-38(36)45-27-33-24-34(43(3,4)5)19-20-39(33)47/h9-20,22-28,47H,21H2,1-8H3. The normalized spacial score (nSPS) is 12.4. The lowest BCUT2D eigenvalue weighted by Crippen LogP contribution is -2.11. The summed E-state index contributed by atoms with van der Waals surface area (Å²) in [5, 5.41) is 11.6. The lowest BCUT2D eigenvalue weighted by molar-refractivity contribution is 0.473. The number of benzene rings is 5. The third-order valence-corrected chi connectivity index (χ3v) is 9.85. The minimum atomic E-state index is -0.0316. The number of aliphatic imine (C=N–C) groups is 1. The van der Waals surface area contributed by atoms with Crippen LogP contribution < -0.4 is 0 Å². The van der Waals surface area contributed by atoms with Gasteiger partial charge in [-0.25, -0.2) is 4.98 Å². The zero-order chi connectivity index (χ0) is 34.2. The van der Waals surface area contributed by atoms with E-state index >= 15 is 0 Å². The predicted molar refractivity (Wildman–Crippen MR) is 207 cm³/mol. The molecule has 0 saturated heterocycles. The Labute approximate surface area is 290 Å². The van der Waals surface area contributed by atoms with Crippen LogP contribution in [0.2, 0.25) is 0 Å². The number of para-hydroxylation sites is 1. The summed E-state index contributed by atoms with van der Waals surface area (Å²) in [5.41, 5.74) is 12.0. The van der Waals surface area contributed by atoms with Crippen molar-refractivity contribution in [3.8, 4) is 38.6 Å². The van der Waals surface area contributed by atoms with Crippen LogP contribution in [0.3, 0.4) is 0 Å². The summed E-state index contributed by atoms with van der Waals surface area (Å²) in [4.78, 5) is 10.2. The van der Waals surface area contributed by atoms with Gasteiger partial charge in [-0.3, -0.25) is 4.99 Å². The molecule has 1 heterocycles. The second-order valence-electron chi connectivity index (χ2n) is 15.3. The summed E-state index contributed by atoms with van der Waals surface area (Å²) >= 11 is 1.71. The Bertz CT molecular complexity index is 2120. The molecule has 6 aromatic rings. The van der Waals surface area contributed by atoms with Crippen molar-refractivity contribution in [3.05, 3.63) is 125 Å². The van der Waals surface area contributed by atoms with Crippen LogP contribution in [0.25, 0.3) is 43.0 Å². The van der Waals surface area contributed by atoms with Gasteiger partial charge in [-0.15, -0.1) is 11.3 Å². The first-order valence-electron chi connectivity index (χ1n) is 16.9. The van der Waals surface area contributed by atoms with E-state index in [2.05, 4.69) is 122 Å². The molecule has 6 rings (SSSR count). The number of phenolic OH excluding ortho intramolecular Hbond substituents is 1. The second kappa shape index (κ2) is 13.2. The van der Waals surface area contributed by atoms with E-state index in [1.165, 1.54) is 22.3 Å². The summed E-state index contributed by atoms with van der Waals surface area (Å²) in [5.74, 6) is 0.832. The van der Waals surface area contributed by atoms with Gasteiger partial charge in [-0.2, -0.15) is 0 Å². The van der Waals surface area contributed by atoms with Gasteiger partial charge >= 0.3 is 0 Å². The Hall–Kier alpha value is -4.54. The molecule has 0 bridgehead atoms. The zero-order valence-corrected chi connectivity index (χ0v) is 30.2. The number of thiazole rings is 1. The van der Waals surface area contributed by atoms with E-state index in [0.717, 1.165) is 49.6 Å². The molecule has 0 aliphatic heterocycles. The SMILES string of the molecule is CC(C)Cc1cccc(-c2cccc(-c3cc(C(C)(C)C)cc4sc(-c5ccccc5N=Cc5cc(C(C)(C)C)ccc5O)nc34)c2)c1. The number of nitrogens with zero attached hydrogens (tertiary/aromatic N) is 2. The molecule has 4 heteroatoms. The number of aromatic hydroxyl groups is 1. The smallest absolute Gasteiger partial charge is 0.126 e. The van der Waals surface area contributed by atoms with Crippen LogP contribution in [0.1, 0.15) is 77.6 Å². The van der Waals surface area contributed by atoms with Crippen LogP contribution in [-0.2, 0) is 17.3 Å². The summed E-state index contributed by atoms with van der Waals surface area (Å²) in [6.45, 7) is 17.9.